The summed E-state index contributed by atoms with van der Waals surface area (Å²) in [6.07, 6.45) is 50.9. The van der Waals surface area contributed by atoms with Crippen molar-refractivity contribution in [1.29, 1.82) is 0 Å². The second-order valence-electron chi connectivity index (χ2n) is 19.0. The Morgan fingerprint density at radius 1 is 0.516 bits per heavy atom. The summed E-state index contributed by atoms with van der Waals surface area (Å²) >= 11 is 0. The second-order valence-corrected chi connectivity index (χ2v) is 19.0. The van der Waals surface area contributed by atoms with Crippen LogP contribution in [0.2, 0.25) is 0 Å². The molecule has 9 heteroatoms. The molecule has 7 unspecified atom stereocenters. The summed E-state index contributed by atoms with van der Waals surface area (Å²) in [6.45, 7) is 3.72. The first kappa shape index (κ1) is 60.4. The number of allylic oxidation sites excluding steroid dienone is 5. The van der Waals surface area contributed by atoms with Crippen molar-refractivity contribution in [3.05, 3.63) is 36.5 Å². The van der Waals surface area contributed by atoms with Crippen molar-refractivity contribution in [2.24, 2.45) is 0 Å². The van der Waals surface area contributed by atoms with Crippen molar-refractivity contribution in [3.8, 4) is 0 Å². The van der Waals surface area contributed by atoms with Crippen LogP contribution in [-0.2, 0) is 14.3 Å². The smallest absolute Gasteiger partial charge is 0.220 e. The zero-order chi connectivity index (χ0) is 46.6. The molecule has 1 rings (SSSR count). The highest BCUT2D eigenvalue weighted by atomic mass is 16.7. The van der Waals surface area contributed by atoms with Crippen molar-refractivity contribution in [2.75, 3.05) is 13.2 Å². The van der Waals surface area contributed by atoms with Gasteiger partial charge in [0.15, 0.2) is 6.29 Å². The molecule has 0 aliphatic carbocycles. The minimum atomic E-state index is -1.57. The SMILES string of the molecule is CCCC/C=C\CCCCCCCC(=O)NC(COC1OC(CO)C(O)C(O)C1O)C(O)/C=C/CC/C=C/CCCCCCCCCCCCCCCCCCCCCCCCCC. The lowest BCUT2D eigenvalue weighted by molar-refractivity contribution is -0.302. The average Bonchev–Trinajstić information content (AvgIpc) is 3.29. The maximum Gasteiger partial charge on any atom is 0.220 e. The molecule has 0 saturated carbocycles. The first-order valence-electron chi connectivity index (χ1n) is 27.2. The Hall–Kier alpha value is -1.59. The number of ether oxygens (including phenoxy) is 2. The van der Waals surface area contributed by atoms with E-state index in [0.29, 0.717) is 6.42 Å². The fourth-order valence-corrected chi connectivity index (χ4v) is 8.57. The van der Waals surface area contributed by atoms with Gasteiger partial charge in [0.05, 0.1) is 25.4 Å². The quantitative estimate of drug-likeness (QED) is 0.0261. The summed E-state index contributed by atoms with van der Waals surface area (Å²) in [5, 5.41) is 54.2. The Balaban J connectivity index is 2.18. The van der Waals surface area contributed by atoms with Gasteiger partial charge in [0.1, 0.15) is 24.4 Å². The molecule has 0 aromatic rings. The molecule has 1 saturated heterocycles. The molecule has 376 valence electrons. The molecule has 6 N–H and O–H groups in total. The second kappa shape index (κ2) is 45.2. The zero-order valence-electron chi connectivity index (χ0n) is 41.5. The monoisotopic (exact) mass is 906 g/mol. The Morgan fingerprint density at radius 2 is 0.906 bits per heavy atom. The van der Waals surface area contributed by atoms with Crippen LogP contribution >= 0.6 is 0 Å². The molecule has 64 heavy (non-hydrogen) atoms. The first-order valence-corrected chi connectivity index (χ1v) is 27.2. The normalized spacial score (nSPS) is 20.3. The highest BCUT2D eigenvalue weighted by molar-refractivity contribution is 5.76. The van der Waals surface area contributed by atoms with E-state index in [4.69, 9.17) is 9.47 Å². The number of amides is 1. The Kier molecular flexibility index (Phi) is 42.7. The Labute approximate surface area is 393 Å². The molecular formula is C55H103NO8. The largest absolute Gasteiger partial charge is 0.394 e. The van der Waals surface area contributed by atoms with Crippen LogP contribution in [0.4, 0.5) is 0 Å². The van der Waals surface area contributed by atoms with Crippen molar-refractivity contribution in [3.63, 3.8) is 0 Å². The van der Waals surface area contributed by atoms with Crippen molar-refractivity contribution in [2.45, 2.75) is 294 Å². The number of carbonyl (C=O) groups is 1. The van der Waals surface area contributed by atoms with Crippen LogP contribution in [0.15, 0.2) is 36.5 Å². The van der Waals surface area contributed by atoms with Crippen LogP contribution in [0.25, 0.3) is 0 Å². The molecule has 1 fully saturated rings. The molecular weight excluding hydrogens is 803 g/mol. The van der Waals surface area contributed by atoms with Crippen LogP contribution in [0.3, 0.4) is 0 Å². The van der Waals surface area contributed by atoms with E-state index in [1.54, 1.807) is 6.08 Å². The average molecular weight is 906 g/mol. The Bertz CT molecular complexity index is 1100. The number of unbranched alkanes of at least 4 members (excludes halogenated alkanes) is 32. The topological polar surface area (TPSA) is 149 Å². The van der Waals surface area contributed by atoms with Crippen molar-refractivity contribution < 1.29 is 39.8 Å². The lowest BCUT2D eigenvalue weighted by Crippen LogP contribution is -2.60. The number of hydrogen-bond acceptors (Lipinski definition) is 8. The van der Waals surface area contributed by atoms with Gasteiger partial charge >= 0.3 is 0 Å². The van der Waals surface area contributed by atoms with E-state index >= 15 is 0 Å². The highest BCUT2D eigenvalue weighted by Crippen LogP contribution is 2.23. The minimum absolute atomic E-state index is 0.197. The summed E-state index contributed by atoms with van der Waals surface area (Å²) in [7, 11) is 0. The van der Waals surface area contributed by atoms with Gasteiger partial charge in [0.2, 0.25) is 5.91 Å². The number of carbonyl (C=O) groups excluding carboxylic acids is 1. The number of rotatable bonds is 46. The maximum absolute atomic E-state index is 12.9. The minimum Gasteiger partial charge on any atom is -0.394 e. The third kappa shape index (κ3) is 34.7. The molecule has 7 atom stereocenters. The van der Waals surface area contributed by atoms with Gasteiger partial charge in [-0.25, -0.2) is 0 Å². The van der Waals surface area contributed by atoms with Crippen LogP contribution in [-0.4, -0.2) is 87.5 Å². The van der Waals surface area contributed by atoms with Crippen molar-refractivity contribution >= 4 is 5.91 Å². The van der Waals surface area contributed by atoms with Gasteiger partial charge in [-0.15, -0.1) is 0 Å². The van der Waals surface area contributed by atoms with Crippen molar-refractivity contribution in [1.82, 2.24) is 5.32 Å². The fourth-order valence-electron chi connectivity index (χ4n) is 8.57. The number of aliphatic hydroxyl groups is 5. The predicted molar refractivity (Wildman–Crippen MR) is 267 cm³/mol. The predicted octanol–water partition coefficient (Wildman–Crippen LogP) is 12.8. The van der Waals surface area contributed by atoms with Crippen LogP contribution < -0.4 is 5.32 Å². The van der Waals surface area contributed by atoms with Gasteiger partial charge < -0.3 is 40.3 Å². The van der Waals surface area contributed by atoms with Gasteiger partial charge in [-0.2, -0.15) is 0 Å². The number of aliphatic hydroxyl groups excluding tert-OH is 5. The molecule has 0 bridgehead atoms. The van der Waals surface area contributed by atoms with E-state index in [1.165, 1.54) is 167 Å². The van der Waals surface area contributed by atoms with E-state index in [-0.39, 0.29) is 12.5 Å². The van der Waals surface area contributed by atoms with Crippen LogP contribution in [0.1, 0.15) is 251 Å². The first-order chi connectivity index (χ1) is 31.3. The molecule has 9 nitrogen and oxygen atoms in total. The third-order valence-corrected chi connectivity index (χ3v) is 12.9. The van der Waals surface area contributed by atoms with Gasteiger partial charge in [0, 0.05) is 6.42 Å². The molecule has 1 aliphatic heterocycles. The van der Waals surface area contributed by atoms with Gasteiger partial charge in [-0.3, -0.25) is 4.79 Å². The van der Waals surface area contributed by atoms with Gasteiger partial charge in [-0.05, 0) is 51.4 Å². The molecule has 0 spiro atoms. The fraction of sp³-hybridized carbons (Fsp3) is 0.873. The third-order valence-electron chi connectivity index (χ3n) is 12.9. The highest BCUT2D eigenvalue weighted by Gasteiger charge is 2.44. The lowest BCUT2D eigenvalue weighted by Gasteiger charge is -2.40. The molecule has 1 heterocycles. The maximum atomic E-state index is 12.9. The number of hydrogen-bond donors (Lipinski definition) is 6. The standard InChI is InChI=1S/C55H103NO8/c1-3-5-7-9-11-13-15-16-17-18-19-20-21-22-23-24-25-26-27-28-29-30-31-32-33-35-36-38-40-42-44-49(58)48(47-63-55-54(62)53(61)52(60)50(46-57)64-55)56-51(59)45-43-41-39-37-34-14-12-10-8-6-4-2/h10,12,35-36,42,44,48-50,52-55,57-58,60-62H,3-9,11,13-34,37-41,43,45-47H2,1-2H3,(H,56,59)/b12-10-,36-35+,44-42+. The summed E-state index contributed by atoms with van der Waals surface area (Å²) in [4.78, 5) is 12.9. The molecule has 1 aliphatic rings. The van der Waals surface area contributed by atoms with Gasteiger partial charge in [0.25, 0.3) is 0 Å². The van der Waals surface area contributed by atoms with E-state index < -0.39 is 49.5 Å². The molecule has 0 aromatic carbocycles. The Morgan fingerprint density at radius 3 is 1.36 bits per heavy atom. The van der Waals surface area contributed by atoms with E-state index in [0.717, 1.165) is 64.2 Å². The molecule has 0 radical (unpaired) electrons. The lowest BCUT2D eigenvalue weighted by atomic mass is 9.99. The molecule has 1 amide bonds. The van der Waals surface area contributed by atoms with E-state index in [9.17, 15) is 30.3 Å². The zero-order valence-corrected chi connectivity index (χ0v) is 41.5. The van der Waals surface area contributed by atoms with E-state index in [2.05, 4.69) is 43.5 Å². The van der Waals surface area contributed by atoms with Crippen LogP contribution in [0.5, 0.6) is 0 Å². The summed E-state index contributed by atoms with van der Waals surface area (Å²) in [5.41, 5.74) is 0. The molecule has 0 aromatic heterocycles. The summed E-state index contributed by atoms with van der Waals surface area (Å²) < 4.78 is 11.2. The summed E-state index contributed by atoms with van der Waals surface area (Å²) in [6, 6.07) is -0.824. The van der Waals surface area contributed by atoms with Crippen LogP contribution in [0, 0.1) is 0 Å². The van der Waals surface area contributed by atoms with E-state index in [1.807, 2.05) is 6.08 Å². The van der Waals surface area contributed by atoms with Gasteiger partial charge in [-0.1, -0.05) is 230 Å². The number of nitrogens with one attached hydrogen (secondary N) is 1. The summed E-state index contributed by atoms with van der Waals surface area (Å²) in [5.74, 6) is -0.197.